The standard InChI is InChI=1S/C28H22ClN3O6/c1-36-24-14-8-18(15-25(24)37-2)28(35)38-23-13-7-17-5-3-4-6-21(17)22(23)16-30-32-27(34)26(33)31-20-11-9-19(29)10-12-20/h3-16H,1-2H3,(H,31,33)(H,32,34)/b30-16-. The summed E-state index contributed by atoms with van der Waals surface area (Å²) in [4.78, 5) is 37.4. The first kappa shape index (κ1) is 26.2. The molecule has 0 saturated heterocycles. The molecule has 4 aromatic carbocycles. The highest BCUT2D eigenvalue weighted by molar-refractivity contribution is 6.39. The van der Waals surface area contributed by atoms with Crippen molar-refractivity contribution in [3.8, 4) is 17.2 Å². The number of nitrogens with zero attached hydrogens (tertiary/aromatic N) is 1. The topological polar surface area (TPSA) is 115 Å². The molecule has 38 heavy (non-hydrogen) atoms. The van der Waals surface area contributed by atoms with Crippen molar-refractivity contribution < 1.29 is 28.6 Å². The lowest BCUT2D eigenvalue weighted by Gasteiger charge is -2.12. The van der Waals surface area contributed by atoms with E-state index in [1.54, 1.807) is 48.5 Å². The van der Waals surface area contributed by atoms with Crippen molar-refractivity contribution in [2.75, 3.05) is 19.5 Å². The lowest BCUT2D eigenvalue weighted by molar-refractivity contribution is -0.136. The maximum Gasteiger partial charge on any atom is 0.343 e. The van der Waals surface area contributed by atoms with Gasteiger partial charge in [-0.25, -0.2) is 10.2 Å². The number of ether oxygens (including phenoxy) is 3. The number of rotatable bonds is 7. The third-order valence-electron chi connectivity index (χ3n) is 5.42. The van der Waals surface area contributed by atoms with Gasteiger partial charge in [0, 0.05) is 16.3 Å². The first-order valence-electron chi connectivity index (χ1n) is 11.3. The molecule has 2 amide bonds. The van der Waals surface area contributed by atoms with Gasteiger partial charge in [0.1, 0.15) is 5.75 Å². The van der Waals surface area contributed by atoms with Gasteiger partial charge in [-0.2, -0.15) is 5.10 Å². The van der Waals surface area contributed by atoms with Crippen LogP contribution in [-0.4, -0.2) is 38.2 Å². The van der Waals surface area contributed by atoms with E-state index in [0.29, 0.717) is 33.2 Å². The molecule has 0 aromatic heterocycles. The summed E-state index contributed by atoms with van der Waals surface area (Å²) in [6.07, 6.45) is 1.31. The van der Waals surface area contributed by atoms with Crippen LogP contribution in [0.4, 0.5) is 5.69 Å². The fourth-order valence-electron chi connectivity index (χ4n) is 3.55. The van der Waals surface area contributed by atoms with Crippen LogP contribution in [0.3, 0.4) is 0 Å². The van der Waals surface area contributed by atoms with Crippen molar-refractivity contribution in [1.29, 1.82) is 0 Å². The Balaban J connectivity index is 1.55. The molecule has 0 saturated carbocycles. The predicted octanol–water partition coefficient (Wildman–Crippen LogP) is 4.82. The monoisotopic (exact) mass is 531 g/mol. The molecule has 0 unspecified atom stereocenters. The van der Waals surface area contributed by atoms with Gasteiger partial charge < -0.3 is 19.5 Å². The van der Waals surface area contributed by atoms with E-state index in [2.05, 4.69) is 15.8 Å². The number of carbonyl (C=O) groups is 3. The van der Waals surface area contributed by atoms with Crippen LogP contribution in [0.25, 0.3) is 10.8 Å². The fraction of sp³-hybridized carbons (Fsp3) is 0.0714. The van der Waals surface area contributed by atoms with E-state index >= 15 is 0 Å². The molecule has 0 radical (unpaired) electrons. The number of esters is 1. The molecule has 0 atom stereocenters. The lowest BCUT2D eigenvalue weighted by Crippen LogP contribution is -2.32. The van der Waals surface area contributed by atoms with E-state index in [0.717, 1.165) is 5.39 Å². The molecular weight excluding hydrogens is 510 g/mol. The van der Waals surface area contributed by atoms with Crippen molar-refractivity contribution >= 4 is 52.1 Å². The summed E-state index contributed by atoms with van der Waals surface area (Å²) in [6, 6.07) is 21.7. The van der Waals surface area contributed by atoms with Gasteiger partial charge in [0.25, 0.3) is 0 Å². The molecule has 0 bridgehead atoms. The number of benzene rings is 4. The zero-order valence-corrected chi connectivity index (χ0v) is 21.1. The van der Waals surface area contributed by atoms with Crippen molar-refractivity contribution in [3.05, 3.63) is 95.0 Å². The van der Waals surface area contributed by atoms with E-state index in [1.165, 1.54) is 26.5 Å². The van der Waals surface area contributed by atoms with E-state index < -0.39 is 17.8 Å². The van der Waals surface area contributed by atoms with Gasteiger partial charge in [-0.15, -0.1) is 0 Å². The van der Waals surface area contributed by atoms with Crippen LogP contribution in [0.1, 0.15) is 15.9 Å². The first-order chi connectivity index (χ1) is 18.4. The summed E-state index contributed by atoms with van der Waals surface area (Å²) in [5, 5.41) is 8.44. The van der Waals surface area contributed by atoms with Gasteiger partial charge in [0.15, 0.2) is 11.5 Å². The maximum absolute atomic E-state index is 12.9. The molecule has 4 rings (SSSR count). The van der Waals surface area contributed by atoms with E-state index in [4.69, 9.17) is 25.8 Å². The van der Waals surface area contributed by atoms with Gasteiger partial charge in [0.2, 0.25) is 0 Å². The number of halogens is 1. The Morgan fingerprint density at radius 1 is 0.816 bits per heavy atom. The summed E-state index contributed by atoms with van der Waals surface area (Å²) in [5.41, 5.74) is 3.26. The highest BCUT2D eigenvalue weighted by Gasteiger charge is 2.17. The average molecular weight is 532 g/mol. The summed E-state index contributed by atoms with van der Waals surface area (Å²) >= 11 is 5.83. The first-order valence-corrected chi connectivity index (χ1v) is 11.6. The fourth-order valence-corrected chi connectivity index (χ4v) is 3.67. The minimum atomic E-state index is -0.986. The minimum Gasteiger partial charge on any atom is -0.493 e. The largest absolute Gasteiger partial charge is 0.493 e. The number of amides is 2. The van der Waals surface area contributed by atoms with Crippen LogP contribution in [0, 0.1) is 0 Å². The Labute approximate surface area is 223 Å². The van der Waals surface area contributed by atoms with Gasteiger partial charge in [-0.3, -0.25) is 9.59 Å². The molecule has 10 heteroatoms. The summed E-state index contributed by atoms with van der Waals surface area (Å²) < 4.78 is 16.2. The Morgan fingerprint density at radius 2 is 1.53 bits per heavy atom. The quantitative estimate of drug-likeness (QED) is 0.116. The van der Waals surface area contributed by atoms with Crippen LogP contribution in [0.2, 0.25) is 5.02 Å². The molecule has 2 N–H and O–H groups in total. The van der Waals surface area contributed by atoms with Gasteiger partial charge in [0.05, 0.1) is 26.0 Å². The number of hydrogen-bond acceptors (Lipinski definition) is 7. The highest BCUT2D eigenvalue weighted by Crippen LogP contribution is 2.30. The van der Waals surface area contributed by atoms with Crippen molar-refractivity contribution in [3.63, 3.8) is 0 Å². The second-order valence-corrected chi connectivity index (χ2v) is 8.25. The van der Waals surface area contributed by atoms with Gasteiger partial charge in [-0.05, 0) is 59.3 Å². The third-order valence-corrected chi connectivity index (χ3v) is 5.67. The molecule has 0 heterocycles. The average Bonchev–Trinajstić information content (AvgIpc) is 2.94. The number of anilines is 1. The molecule has 0 spiro atoms. The van der Waals surface area contributed by atoms with Crippen LogP contribution < -0.4 is 25.0 Å². The molecule has 9 nitrogen and oxygen atoms in total. The Bertz CT molecular complexity index is 1540. The van der Waals surface area contributed by atoms with Crippen LogP contribution in [0.15, 0.2) is 84.0 Å². The molecular formula is C28H22ClN3O6. The normalized spacial score (nSPS) is 10.7. The molecule has 0 aliphatic rings. The number of nitrogens with one attached hydrogen (secondary N) is 2. The van der Waals surface area contributed by atoms with Crippen LogP contribution in [0.5, 0.6) is 17.2 Å². The highest BCUT2D eigenvalue weighted by atomic mass is 35.5. The third kappa shape index (κ3) is 6.08. The van der Waals surface area contributed by atoms with E-state index in [9.17, 15) is 14.4 Å². The van der Waals surface area contributed by atoms with Crippen LogP contribution >= 0.6 is 11.6 Å². The Kier molecular flexibility index (Phi) is 8.20. The Morgan fingerprint density at radius 3 is 2.26 bits per heavy atom. The molecule has 4 aromatic rings. The van der Waals surface area contributed by atoms with Crippen molar-refractivity contribution in [2.24, 2.45) is 5.10 Å². The van der Waals surface area contributed by atoms with Crippen molar-refractivity contribution in [1.82, 2.24) is 5.43 Å². The molecule has 0 aliphatic heterocycles. The summed E-state index contributed by atoms with van der Waals surface area (Å²) in [5.74, 6) is -1.49. The van der Waals surface area contributed by atoms with Crippen molar-refractivity contribution in [2.45, 2.75) is 0 Å². The molecule has 0 aliphatic carbocycles. The minimum absolute atomic E-state index is 0.201. The summed E-state index contributed by atoms with van der Waals surface area (Å²) in [7, 11) is 2.96. The van der Waals surface area contributed by atoms with Gasteiger partial charge in [-0.1, -0.05) is 41.9 Å². The number of methoxy groups -OCH3 is 2. The number of carbonyl (C=O) groups excluding carboxylic acids is 3. The smallest absolute Gasteiger partial charge is 0.343 e. The van der Waals surface area contributed by atoms with E-state index in [1.807, 2.05) is 24.3 Å². The predicted molar refractivity (Wildman–Crippen MR) is 144 cm³/mol. The van der Waals surface area contributed by atoms with Gasteiger partial charge >= 0.3 is 17.8 Å². The van der Waals surface area contributed by atoms with Crippen LogP contribution in [-0.2, 0) is 9.59 Å². The maximum atomic E-state index is 12.9. The lowest BCUT2D eigenvalue weighted by atomic mass is 10.0. The number of fused-ring (bicyclic) bond motifs is 1. The summed E-state index contributed by atoms with van der Waals surface area (Å²) in [6.45, 7) is 0. The zero-order valence-electron chi connectivity index (χ0n) is 20.4. The Hall–Kier alpha value is -4.89. The second-order valence-electron chi connectivity index (χ2n) is 7.82. The SMILES string of the molecule is COc1ccc(C(=O)Oc2ccc3ccccc3c2/C=N\NC(=O)C(=O)Nc2ccc(Cl)cc2)cc1OC. The molecule has 0 fully saturated rings. The zero-order chi connectivity index (χ0) is 27.1. The molecule has 192 valence electrons. The van der Waals surface area contributed by atoms with E-state index in [-0.39, 0.29) is 11.3 Å². The number of hydrazone groups is 1. The second kappa shape index (κ2) is 11.9. The number of hydrogen-bond donors (Lipinski definition) is 2.